The number of nitrogens with two attached hydrogens (primary N) is 1. The number of amides is 2. The van der Waals surface area contributed by atoms with Crippen molar-refractivity contribution in [1.82, 2.24) is 4.98 Å². The van der Waals surface area contributed by atoms with Crippen LogP contribution in [0.4, 0.5) is 18.9 Å². The summed E-state index contributed by atoms with van der Waals surface area (Å²) in [4.78, 5) is 28.8. The molecule has 40 heavy (non-hydrogen) atoms. The van der Waals surface area contributed by atoms with Crippen molar-refractivity contribution in [3.8, 4) is 5.75 Å². The number of benzene rings is 2. The van der Waals surface area contributed by atoms with Crippen molar-refractivity contribution in [2.24, 2.45) is 23.5 Å². The number of alkyl halides is 3. The van der Waals surface area contributed by atoms with Gasteiger partial charge in [-0.05, 0) is 61.4 Å². The molecule has 1 heterocycles. The molecule has 3 rings (SSSR count). The number of methoxy groups -OCH3 is 2. The van der Waals surface area contributed by atoms with Crippen LogP contribution in [-0.4, -0.2) is 37.6 Å². The third-order valence-corrected chi connectivity index (χ3v) is 7.78. The number of carbonyl (C=O) groups excluding carboxylic acids is 2. The van der Waals surface area contributed by atoms with E-state index >= 15 is 0 Å². The molecule has 0 aliphatic rings. The Morgan fingerprint density at radius 3 is 2.33 bits per heavy atom. The van der Waals surface area contributed by atoms with Crippen molar-refractivity contribution in [2.45, 2.75) is 53.6 Å². The average molecular weight is 582 g/mol. The minimum absolute atomic E-state index is 0.134. The molecule has 220 valence electrons. The van der Waals surface area contributed by atoms with Crippen molar-refractivity contribution in [1.29, 1.82) is 0 Å². The van der Waals surface area contributed by atoms with E-state index in [2.05, 4.69) is 38.0 Å². The number of aromatic nitrogens is 1. The average Bonchev–Trinajstić information content (AvgIpc) is 3.27. The van der Waals surface area contributed by atoms with Gasteiger partial charge in [-0.3, -0.25) is 9.59 Å². The molecule has 3 aromatic rings. The highest BCUT2D eigenvalue weighted by molar-refractivity contribution is 7.19. The van der Waals surface area contributed by atoms with Crippen LogP contribution in [0, 0.1) is 24.7 Å². The van der Waals surface area contributed by atoms with Crippen LogP contribution in [0.15, 0.2) is 30.3 Å². The Bertz CT molecular complexity index is 1310. The van der Waals surface area contributed by atoms with E-state index in [-0.39, 0.29) is 17.0 Å². The summed E-state index contributed by atoms with van der Waals surface area (Å²) in [6, 6.07) is 5.62. The van der Waals surface area contributed by atoms with Crippen LogP contribution in [0.25, 0.3) is 10.2 Å². The first kappa shape index (κ1) is 33.0. The maximum atomic E-state index is 12.9. The second kappa shape index (κ2) is 14.5. The minimum Gasteiger partial charge on any atom is -0.496 e. The highest BCUT2D eigenvalue weighted by Gasteiger charge is 2.32. The summed E-state index contributed by atoms with van der Waals surface area (Å²) in [5, 5.41) is 3.18. The van der Waals surface area contributed by atoms with Gasteiger partial charge in [0.05, 0.1) is 39.1 Å². The summed E-state index contributed by atoms with van der Waals surface area (Å²) in [7, 11) is 3.17. The minimum atomic E-state index is -4.65. The van der Waals surface area contributed by atoms with E-state index in [9.17, 15) is 22.8 Å². The number of carbonyl (C=O) groups is 2. The number of hydrogen-bond acceptors (Lipinski definition) is 6. The molecule has 0 aliphatic heterocycles. The van der Waals surface area contributed by atoms with Crippen molar-refractivity contribution < 1.29 is 32.2 Å². The first-order chi connectivity index (χ1) is 18.7. The van der Waals surface area contributed by atoms with Gasteiger partial charge in [-0.15, -0.1) is 11.3 Å². The topological polar surface area (TPSA) is 104 Å². The predicted octanol–water partition coefficient (Wildman–Crippen LogP) is 7.32. The molecule has 3 unspecified atom stereocenters. The van der Waals surface area contributed by atoms with Crippen molar-refractivity contribution >= 4 is 39.1 Å². The molecule has 2 aromatic carbocycles. The summed E-state index contributed by atoms with van der Waals surface area (Å²) in [5.74, 6) is 0.901. The first-order valence-electron chi connectivity index (χ1n) is 13.0. The number of nitrogens with zero attached hydrogens (tertiary/aromatic N) is 1. The lowest BCUT2D eigenvalue weighted by Gasteiger charge is -2.21. The normalized spacial score (nSPS) is 13.7. The molecule has 2 amide bonds. The lowest BCUT2D eigenvalue weighted by molar-refractivity contribution is -0.137. The van der Waals surface area contributed by atoms with E-state index < -0.39 is 29.1 Å². The van der Waals surface area contributed by atoms with Crippen LogP contribution in [-0.2, 0) is 10.9 Å². The summed E-state index contributed by atoms with van der Waals surface area (Å²) in [6.07, 6.45) is -2.06. The van der Waals surface area contributed by atoms with Gasteiger partial charge in [0.25, 0.3) is 11.8 Å². The standard InChI is InChI=1S/C18H14F3N3O3S.C11H24O/c1-8-23-12-5-6-13(27-2)14(15(12)28-8)17(26)24-11-4-3-9(18(19,20)21)7-10(11)16(22)25;1-6-10(3)11(4)7-9(2)8-12-5/h3-7H,1-2H3,(H2,22,25)(H,24,26);9-11H,6-8H2,1-5H3. The van der Waals surface area contributed by atoms with E-state index in [1.165, 1.54) is 31.3 Å². The number of primary amides is 1. The van der Waals surface area contributed by atoms with E-state index in [0.717, 1.165) is 35.6 Å². The molecular formula is C29H38F3N3O4S. The Balaban J connectivity index is 0.000000395. The Hall–Kier alpha value is -3.18. The number of nitrogens with one attached hydrogen (secondary N) is 1. The Morgan fingerprint density at radius 2 is 1.77 bits per heavy atom. The van der Waals surface area contributed by atoms with Crippen LogP contribution >= 0.6 is 11.3 Å². The van der Waals surface area contributed by atoms with Crippen molar-refractivity contribution in [2.75, 3.05) is 26.1 Å². The molecule has 1 aromatic heterocycles. The zero-order valence-electron chi connectivity index (χ0n) is 23.9. The third kappa shape index (κ3) is 8.66. The number of fused-ring (bicyclic) bond motifs is 1. The second-order valence-electron chi connectivity index (χ2n) is 9.96. The molecule has 0 saturated carbocycles. The maximum absolute atomic E-state index is 12.9. The third-order valence-electron chi connectivity index (χ3n) is 6.77. The molecule has 7 nitrogen and oxygen atoms in total. The Morgan fingerprint density at radius 1 is 1.10 bits per heavy atom. The molecule has 11 heteroatoms. The molecule has 0 radical (unpaired) electrons. The lowest BCUT2D eigenvalue weighted by Crippen LogP contribution is -2.20. The number of halogens is 3. The summed E-state index contributed by atoms with van der Waals surface area (Å²) < 4.78 is 49.6. The zero-order valence-corrected chi connectivity index (χ0v) is 24.8. The number of rotatable bonds is 10. The summed E-state index contributed by atoms with van der Waals surface area (Å²) >= 11 is 1.27. The van der Waals surface area contributed by atoms with Gasteiger partial charge in [-0.1, -0.05) is 34.1 Å². The van der Waals surface area contributed by atoms with Crippen molar-refractivity contribution in [3.63, 3.8) is 0 Å². The fourth-order valence-electron chi connectivity index (χ4n) is 4.31. The van der Waals surface area contributed by atoms with Gasteiger partial charge in [0, 0.05) is 13.7 Å². The predicted molar refractivity (Wildman–Crippen MR) is 153 cm³/mol. The number of anilines is 1. The van der Waals surface area contributed by atoms with Gasteiger partial charge in [-0.25, -0.2) is 4.98 Å². The van der Waals surface area contributed by atoms with Gasteiger partial charge in [0.15, 0.2) is 0 Å². The van der Waals surface area contributed by atoms with E-state index in [1.807, 2.05) is 0 Å². The van der Waals surface area contributed by atoms with Gasteiger partial charge in [0.1, 0.15) is 11.3 Å². The molecule has 0 bridgehead atoms. The molecule has 3 N–H and O–H groups in total. The van der Waals surface area contributed by atoms with Gasteiger partial charge in [-0.2, -0.15) is 13.2 Å². The fraction of sp³-hybridized carbons (Fsp3) is 0.483. The summed E-state index contributed by atoms with van der Waals surface area (Å²) in [6.45, 7) is 11.9. The Labute approximate surface area is 237 Å². The fourth-order valence-corrected chi connectivity index (χ4v) is 5.26. The molecule has 3 atom stereocenters. The van der Waals surface area contributed by atoms with Crippen LogP contribution in [0.2, 0.25) is 0 Å². The molecule has 0 fully saturated rings. The van der Waals surface area contributed by atoms with Gasteiger partial charge < -0.3 is 20.5 Å². The number of ether oxygens (including phenoxy) is 2. The van der Waals surface area contributed by atoms with E-state index in [1.54, 1.807) is 26.2 Å². The van der Waals surface area contributed by atoms with Crippen LogP contribution < -0.4 is 15.8 Å². The van der Waals surface area contributed by atoms with Gasteiger partial charge >= 0.3 is 6.18 Å². The lowest BCUT2D eigenvalue weighted by atomic mass is 9.86. The second-order valence-corrected chi connectivity index (χ2v) is 11.2. The molecule has 0 saturated heterocycles. The smallest absolute Gasteiger partial charge is 0.416 e. The Kier molecular flexibility index (Phi) is 11.9. The number of hydrogen-bond donors (Lipinski definition) is 2. The highest BCUT2D eigenvalue weighted by Crippen LogP contribution is 2.35. The van der Waals surface area contributed by atoms with Crippen LogP contribution in [0.1, 0.15) is 71.8 Å². The first-order valence-corrected chi connectivity index (χ1v) is 13.8. The largest absolute Gasteiger partial charge is 0.496 e. The number of aryl methyl sites for hydroxylation is 1. The summed E-state index contributed by atoms with van der Waals surface area (Å²) in [5.41, 5.74) is 4.32. The van der Waals surface area contributed by atoms with Crippen LogP contribution in [0.5, 0.6) is 5.75 Å². The zero-order chi connectivity index (χ0) is 30.2. The monoisotopic (exact) mass is 581 g/mol. The van der Waals surface area contributed by atoms with E-state index in [4.69, 9.17) is 15.2 Å². The van der Waals surface area contributed by atoms with Crippen LogP contribution in [0.3, 0.4) is 0 Å². The number of thiazole rings is 1. The molecule has 0 aliphatic carbocycles. The quantitative estimate of drug-likeness (QED) is 0.261. The van der Waals surface area contributed by atoms with Gasteiger partial charge in [0.2, 0.25) is 0 Å². The maximum Gasteiger partial charge on any atom is 0.416 e. The molecular weight excluding hydrogens is 543 g/mol. The van der Waals surface area contributed by atoms with Crippen molar-refractivity contribution in [3.05, 3.63) is 52.0 Å². The van der Waals surface area contributed by atoms with E-state index in [0.29, 0.717) is 22.2 Å². The molecule has 0 spiro atoms. The SMILES string of the molecule is CCC(C)C(C)CC(C)COC.COc1ccc2nc(C)sc2c1C(=O)Nc1ccc(C(F)(F)F)cc1C(N)=O. The highest BCUT2D eigenvalue weighted by atomic mass is 32.1.